The number of nitrogens with zero attached hydrogens (tertiary/aromatic N) is 1. The van der Waals surface area contributed by atoms with E-state index in [4.69, 9.17) is 4.74 Å². The Morgan fingerprint density at radius 2 is 2.29 bits per heavy atom. The second kappa shape index (κ2) is 4.09. The van der Waals surface area contributed by atoms with Crippen LogP contribution in [0.25, 0.3) is 0 Å². The minimum absolute atomic E-state index is 0.00986. The van der Waals surface area contributed by atoms with Crippen LogP contribution in [0.3, 0.4) is 0 Å². The molecular weight excluding hydrogens is 266 g/mol. The molecular formula is C17H21NO3. The van der Waals surface area contributed by atoms with E-state index in [2.05, 4.69) is 18.5 Å². The van der Waals surface area contributed by atoms with E-state index >= 15 is 0 Å². The Bertz CT molecular complexity index is 593. The molecule has 2 aliphatic carbocycles. The number of hydrogen-bond donors (Lipinski definition) is 2. The molecule has 1 spiro atoms. The van der Waals surface area contributed by atoms with Gasteiger partial charge in [0.05, 0.1) is 11.7 Å². The van der Waals surface area contributed by atoms with Crippen molar-refractivity contribution < 1.29 is 14.9 Å². The predicted octanol–water partition coefficient (Wildman–Crippen LogP) is 1.14. The van der Waals surface area contributed by atoms with E-state index < -0.39 is 23.2 Å². The molecule has 2 heterocycles. The average Bonchev–Trinajstić information content (AvgIpc) is 2.44. The van der Waals surface area contributed by atoms with Crippen LogP contribution in [0.1, 0.15) is 12.8 Å². The fraction of sp³-hybridized carbons (Fsp3) is 0.529. The van der Waals surface area contributed by atoms with Gasteiger partial charge in [0.1, 0.15) is 17.8 Å². The number of aliphatic hydroxyl groups is 2. The summed E-state index contributed by atoms with van der Waals surface area (Å²) in [6, 6.07) is -0.00986. The molecule has 21 heavy (non-hydrogen) atoms. The lowest BCUT2D eigenvalue weighted by Gasteiger charge is -2.64. The van der Waals surface area contributed by atoms with Crippen molar-refractivity contribution in [3.05, 3.63) is 48.3 Å². The van der Waals surface area contributed by atoms with Crippen molar-refractivity contribution in [3.8, 4) is 0 Å². The molecule has 2 fully saturated rings. The molecule has 0 amide bonds. The molecule has 0 aromatic carbocycles. The standard InChI is InChI=1S/C17H21NO3/c1-11-12-4-3-9-21-15-13(19)5-6-17(20)14(10-12)18(2)8-7-16(11,15)17/h3-6,9,13-15,19-20H,1,7-8,10H2,2H3/b9-3-,12-4?/t13-,14?,15-,16?,17?/m0/s1. The van der Waals surface area contributed by atoms with Crippen LogP contribution in [0.15, 0.2) is 48.3 Å². The van der Waals surface area contributed by atoms with Crippen molar-refractivity contribution in [2.45, 2.75) is 36.7 Å². The molecule has 2 N–H and O–H groups in total. The van der Waals surface area contributed by atoms with Gasteiger partial charge in [-0.05, 0) is 43.7 Å². The third kappa shape index (κ3) is 1.40. The van der Waals surface area contributed by atoms with Crippen LogP contribution in [0, 0.1) is 5.41 Å². The summed E-state index contributed by atoms with van der Waals surface area (Å²) in [6.45, 7) is 5.16. The van der Waals surface area contributed by atoms with Gasteiger partial charge in [0.15, 0.2) is 0 Å². The van der Waals surface area contributed by atoms with Gasteiger partial charge in [0.25, 0.3) is 0 Å². The highest BCUT2D eigenvalue weighted by Crippen LogP contribution is 2.61. The number of likely N-dealkylation sites (N-methyl/N-ethyl adjacent to an activating group) is 1. The van der Waals surface area contributed by atoms with E-state index in [1.54, 1.807) is 18.4 Å². The summed E-state index contributed by atoms with van der Waals surface area (Å²) in [4.78, 5) is 2.21. The second-order valence-corrected chi connectivity index (χ2v) is 6.65. The highest BCUT2D eigenvalue weighted by atomic mass is 16.5. The normalized spacial score (nSPS) is 49.8. The van der Waals surface area contributed by atoms with Gasteiger partial charge in [-0.25, -0.2) is 0 Å². The van der Waals surface area contributed by atoms with Crippen LogP contribution in [-0.2, 0) is 4.74 Å². The first-order valence-corrected chi connectivity index (χ1v) is 7.52. The second-order valence-electron chi connectivity index (χ2n) is 6.65. The van der Waals surface area contributed by atoms with Gasteiger partial charge in [-0.3, -0.25) is 4.90 Å². The van der Waals surface area contributed by atoms with E-state index in [0.717, 1.165) is 30.5 Å². The third-order valence-electron chi connectivity index (χ3n) is 5.90. The molecule has 0 radical (unpaired) electrons. The smallest absolute Gasteiger partial charge is 0.140 e. The summed E-state index contributed by atoms with van der Waals surface area (Å²) in [6.07, 6.45) is 9.25. The summed E-state index contributed by atoms with van der Waals surface area (Å²) in [5.74, 6) is 0. The molecule has 4 heteroatoms. The molecule has 3 bridgehead atoms. The molecule has 4 aliphatic rings. The highest BCUT2D eigenvalue weighted by molar-refractivity contribution is 5.51. The first-order chi connectivity index (χ1) is 10.0. The number of ether oxygens (including phenoxy) is 1. The van der Waals surface area contributed by atoms with Crippen LogP contribution >= 0.6 is 0 Å². The number of likely N-dealkylation sites (tertiary alicyclic amines) is 1. The Kier molecular flexibility index (Phi) is 2.60. The van der Waals surface area contributed by atoms with Gasteiger partial charge in [0.2, 0.25) is 0 Å². The van der Waals surface area contributed by atoms with E-state index in [9.17, 15) is 10.2 Å². The Morgan fingerprint density at radius 1 is 1.48 bits per heavy atom. The molecule has 112 valence electrons. The van der Waals surface area contributed by atoms with Crippen LogP contribution in [0.5, 0.6) is 0 Å². The number of allylic oxidation sites excluding steroid dienone is 2. The summed E-state index contributed by atoms with van der Waals surface area (Å²) >= 11 is 0. The van der Waals surface area contributed by atoms with Crippen molar-refractivity contribution in [2.75, 3.05) is 13.6 Å². The Labute approximate surface area is 124 Å². The van der Waals surface area contributed by atoms with Gasteiger partial charge in [-0.1, -0.05) is 24.8 Å². The third-order valence-corrected chi connectivity index (χ3v) is 5.90. The molecule has 0 aromatic heterocycles. The zero-order valence-corrected chi connectivity index (χ0v) is 12.2. The van der Waals surface area contributed by atoms with Crippen LogP contribution < -0.4 is 0 Å². The van der Waals surface area contributed by atoms with E-state index in [1.807, 2.05) is 12.2 Å². The first-order valence-electron chi connectivity index (χ1n) is 7.52. The number of piperidine rings is 1. The summed E-state index contributed by atoms with van der Waals surface area (Å²) < 4.78 is 5.83. The zero-order chi connectivity index (χ0) is 14.8. The molecule has 1 saturated heterocycles. The molecule has 2 aliphatic heterocycles. The van der Waals surface area contributed by atoms with Gasteiger partial charge in [-0.2, -0.15) is 0 Å². The van der Waals surface area contributed by atoms with Crippen molar-refractivity contribution >= 4 is 0 Å². The summed E-state index contributed by atoms with van der Waals surface area (Å²) in [5, 5.41) is 22.0. The summed E-state index contributed by atoms with van der Waals surface area (Å²) in [7, 11) is 2.05. The first kappa shape index (κ1) is 13.3. The van der Waals surface area contributed by atoms with Gasteiger partial charge in [0, 0.05) is 6.04 Å². The van der Waals surface area contributed by atoms with Gasteiger partial charge >= 0.3 is 0 Å². The van der Waals surface area contributed by atoms with E-state index in [-0.39, 0.29) is 6.04 Å². The number of rotatable bonds is 0. The lowest BCUT2D eigenvalue weighted by atomic mass is 9.49. The Balaban J connectivity index is 2.01. The number of aliphatic hydroxyl groups excluding tert-OH is 1. The number of hydrogen-bond acceptors (Lipinski definition) is 4. The van der Waals surface area contributed by atoms with Gasteiger partial charge < -0.3 is 14.9 Å². The fourth-order valence-corrected chi connectivity index (χ4v) is 4.75. The van der Waals surface area contributed by atoms with E-state index in [0.29, 0.717) is 0 Å². The maximum absolute atomic E-state index is 11.5. The van der Waals surface area contributed by atoms with Crippen molar-refractivity contribution in [3.63, 3.8) is 0 Å². The largest absolute Gasteiger partial charge is 0.494 e. The van der Waals surface area contributed by atoms with Crippen molar-refractivity contribution in [1.82, 2.24) is 4.90 Å². The zero-order valence-electron chi connectivity index (χ0n) is 12.2. The van der Waals surface area contributed by atoms with Crippen LogP contribution in [0.2, 0.25) is 0 Å². The molecule has 4 nitrogen and oxygen atoms in total. The minimum atomic E-state index is -1.04. The summed E-state index contributed by atoms with van der Waals surface area (Å²) in [5.41, 5.74) is 0.395. The molecule has 4 rings (SSSR count). The number of fused-ring (bicyclic) bond motifs is 1. The molecule has 5 atom stereocenters. The molecule has 0 aromatic rings. The Hall–Kier alpha value is -1.36. The van der Waals surface area contributed by atoms with E-state index in [1.165, 1.54) is 0 Å². The van der Waals surface area contributed by atoms with Crippen LogP contribution in [0.4, 0.5) is 0 Å². The van der Waals surface area contributed by atoms with Gasteiger partial charge in [-0.15, -0.1) is 0 Å². The Morgan fingerprint density at radius 3 is 3.10 bits per heavy atom. The molecule has 1 saturated carbocycles. The predicted molar refractivity (Wildman–Crippen MR) is 79.4 cm³/mol. The monoisotopic (exact) mass is 287 g/mol. The minimum Gasteiger partial charge on any atom is -0.494 e. The van der Waals surface area contributed by atoms with Crippen LogP contribution in [-0.4, -0.2) is 52.6 Å². The average molecular weight is 287 g/mol. The molecule has 3 unspecified atom stereocenters. The topological polar surface area (TPSA) is 52.9 Å². The highest BCUT2D eigenvalue weighted by Gasteiger charge is 2.68. The lowest BCUT2D eigenvalue weighted by Crippen LogP contribution is -2.74. The maximum Gasteiger partial charge on any atom is 0.140 e. The quantitative estimate of drug-likeness (QED) is 0.656. The van der Waals surface area contributed by atoms with Crippen molar-refractivity contribution in [1.29, 1.82) is 0 Å². The SMILES string of the molecule is C=C1C2=C/C=C\O[C@H]3[C@@H](O)C=CC4(O)C(C2)N(C)CCC134. The lowest BCUT2D eigenvalue weighted by molar-refractivity contribution is -0.196. The van der Waals surface area contributed by atoms with Crippen molar-refractivity contribution in [2.24, 2.45) is 5.41 Å². The maximum atomic E-state index is 11.5. The fourth-order valence-electron chi connectivity index (χ4n) is 4.75.